The fourth-order valence-corrected chi connectivity index (χ4v) is 0.717. The summed E-state index contributed by atoms with van der Waals surface area (Å²) in [5, 5.41) is 3.04. The zero-order chi connectivity index (χ0) is 5.70. The largest absolute Gasteiger partial charge is 0.315 e. The van der Waals surface area contributed by atoms with Crippen LogP contribution in [0.15, 0.2) is 0 Å². The first-order valence-corrected chi connectivity index (χ1v) is 3.10. The molecular formula is C4H10INO. The normalized spacial score (nSPS) is 14.1. The first kappa shape index (κ1) is 7.65. The van der Waals surface area contributed by atoms with Crippen molar-refractivity contribution in [2.45, 2.75) is 13.0 Å². The molecule has 3 heteroatoms. The molecule has 0 rings (SSSR count). The minimum atomic E-state index is 0.469. The molecule has 0 aliphatic heterocycles. The lowest BCUT2D eigenvalue weighted by Gasteiger charge is -2.04. The Morgan fingerprint density at radius 2 is 2.43 bits per heavy atom. The zero-order valence-electron chi connectivity index (χ0n) is 4.57. The fraction of sp³-hybridized carbons (Fsp3) is 1.00. The van der Waals surface area contributed by atoms with Crippen molar-refractivity contribution in [1.29, 1.82) is 0 Å². The standard InChI is InChI=1S/C4H10INO/c1-4(6-2)3-7-5/h4,6H,3H2,1-2H3. The molecule has 0 aromatic heterocycles. The van der Waals surface area contributed by atoms with E-state index >= 15 is 0 Å². The molecule has 7 heavy (non-hydrogen) atoms. The first-order chi connectivity index (χ1) is 3.31. The van der Waals surface area contributed by atoms with Crippen molar-refractivity contribution >= 4 is 23.0 Å². The van der Waals surface area contributed by atoms with Gasteiger partial charge in [-0.2, -0.15) is 0 Å². The van der Waals surface area contributed by atoms with Crippen LogP contribution >= 0.6 is 23.0 Å². The number of hydrogen-bond donors (Lipinski definition) is 1. The fourth-order valence-electron chi connectivity index (χ4n) is 0.178. The monoisotopic (exact) mass is 215 g/mol. The van der Waals surface area contributed by atoms with Crippen LogP contribution in [0.2, 0.25) is 0 Å². The van der Waals surface area contributed by atoms with Crippen molar-refractivity contribution < 1.29 is 3.07 Å². The second-order valence-electron chi connectivity index (χ2n) is 1.47. The third-order valence-electron chi connectivity index (χ3n) is 0.806. The summed E-state index contributed by atoms with van der Waals surface area (Å²) in [6.07, 6.45) is 0. The van der Waals surface area contributed by atoms with Crippen LogP contribution in [0.25, 0.3) is 0 Å². The third-order valence-corrected chi connectivity index (χ3v) is 1.17. The predicted octanol–water partition coefficient (Wildman–Crippen LogP) is 0.961. The van der Waals surface area contributed by atoms with Gasteiger partial charge in [-0.25, -0.2) is 0 Å². The van der Waals surface area contributed by atoms with Crippen LogP contribution in [0, 0.1) is 0 Å². The van der Waals surface area contributed by atoms with Crippen LogP contribution < -0.4 is 5.32 Å². The number of hydrogen-bond acceptors (Lipinski definition) is 2. The van der Waals surface area contributed by atoms with E-state index in [0.29, 0.717) is 6.04 Å². The number of rotatable bonds is 3. The van der Waals surface area contributed by atoms with Crippen molar-refractivity contribution in [3.63, 3.8) is 0 Å². The highest BCUT2D eigenvalue weighted by Crippen LogP contribution is 1.87. The summed E-state index contributed by atoms with van der Waals surface area (Å²) in [7, 11) is 1.92. The van der Waals surface area contributed by atoms with E-state index in [0.717, 1.165) is 6.61 Å². The molecule has 0 aromatic carbocycles. The van der Waals surface area contributed by atoms with E-state index in [4.69, 9.17) is 3.07 Å². The van der Waals surface area contributed by atoms with Crippen LogP contribution in [0.5, 0.6) is 0 Å². The highest BCUT2D eigenvalue weighted by atomic mass is 127. The second-order valence-corrected chi connectivity index (χ2v) is 2.09. The average molecular weight is 215 g/mol. The van der Waals surface area contributed by atoms with Crippen LogP contribution in [0.1, 0.15) is 6.92 Å². The molecule has 0 bridgehead atoms. The van der Waals surface area contributed by atoms with Gasteiger partial charge in [0.05, 0.1) is 6.61 Å². The molecule has 0 heterocycles. The summed E-state index contributed by atoms with van der Waals surface area (Å²) in [6.45, 7) is 2.84. The predicted molar refractivity (Wildman–Crippen MR) is 38.5 cm³/mol. The zero-order valence-corrected chi connectivity index (χ0v) is 6.73. The Labute approximate surface area is 58.3 Å². The van der Waals surface area contributed by atoms with Crippen molar-refractivity contribution in [1.82, 2.24) is 5.32 Å². The SMILES string of the molecule is CNC(C)COI. The molecule has 0 aliphatic carbocycles. The van der Waals surface area contributed by atoms with Crippen LogP contribution in [0.4, 0.5) is 0 Å². The Morgan fingerprint density at radius 1 is 1.86 bits per heavy atom. The molecule has 44 valence electrons. The van der Waals surface area contributed by atoms with Gasteiger partial charge < -0.3 is 8.38 Å². The highest BCUT2D eigenvalue weighted by Gasteiger charge is 1.92. The Hall–Kier alpha value is 0.650. The summed E-state index contributed by atoms with van der Waals surface area (Å²) in [4.78, 5) is 0. The lowest BCUT2D eigenvalue weighted by molar-refractivity contribution is 0.364. The number of nitrogens with one attached hydrogen (secondary N) is 1. The molecule has 2 nitrogen and oxygen atoms in total. The van der Waals surface area contributed by atoms with E-state index < -0.39 is 0 Å². The van der Waals surface area contributed by atoms with Crippen molar-refractivity contribution in [3.8, 4) is 0 Å². The summed E-state index contributed by atoms with van der Waals surface area (Å²) in [5.41, 5.74) is 0. The lowest BCUT2D eigenvalue weighted by atomic mass is 10.4. The minimum absolute atomic E-state index is 0.469. The summed E-state index contributed by atoms with van der Waals surface area (Å²) in [5.74, 6) is 0. The molecule has 1 N–H and O–H groups in total. The Kier molecular flexibility index (Phi) is 5.25. The average Bonchev–Trinajstić information content (AvgIpc) is 1.68. The molecule has 0 amide bonds. The van der Waals surface area contributed by atoms with E-state index in [1.165, 1.54) is 0 Å². The van der Waals surface area contributed by atoms with Gasteiger partial charge in [0.1, 0.15) is 23.0 Å². The molecule has 0 radical (unpaired) electrons. The maximum absolute atomic E-state index is 4.80. The van der Waals surface area contributed by atoms with Gasteiger partial charge in [-0.05, 0) is 14.0 Å². The Bertz CT molecular complexity index is 42.7. The van der Waals surface area contributed by atoms with E-state index in [2.05, 4.69) is 12.2 Å². The molecule has 1 unspecified atom stereocenters. The molecule has 0 spiro atoms. The molecule has 0 fully saturated rings. The summed E-state index contributed by atoms with van der Waals surface area (Å²) < 4.78 is 4.80. The maximum atomic E-state index is 4.80. The van der Waals surface area contributed by atoms with Gasteiger partial charge in [-0.1, -0.05) is 0 Å². The van der Waals surface area contributed by atoms with E-state index in [1.807, 2.05) is 30.1 Å². The molecule has 0 aliphatic rings. The number of likely N-dealkylation sites (N-methyl/N-ethyl adjacent to an activating group) is 1. The van der Waals surface area contributed by atoms with Gasteiger partial charge in [0.15, 0.2) is 0 Å². The molecule has 0 saturated heterocycles. The maximum Gasteiger partial charge on any atom is 0.109 e. The highest BCUT2D eigenvalue weighted by molar-refractivity contribution is 14.1. The van der Waals surface area contributed by atoms with Gasteiger partial charge in [-0.15, -0.1) is 0 Å². The van der Waals surface area contributed by atoms with Crippen LogP contribution in [0.3, 0.4) is 0 Å². The van der Waals surface area contributed by atoms with E-state index in [-0.39, 0.29) is 0 Å². The molecule has 0 aromatic rings. The summed E-state index contributed by atoms with van der Waals surface area (Å²) in [6, 6.07) is 0.469. The van der Waals surface area contributed by atoms with Gasteiger partial charge in [0.2, 0.25) is 0 Å². The second kappa shape index (κ2) is 4.80. The minimum Gasteiger partial charge on any atom is -0.315 e. The van der Waals surface area contributed by atoms with Gasteiger partial charge in [0.25, 0.3) is 0 Å². The van der Waals surface area contributed by atoms with E-state index in [9.17, 15) is 0 Å². The molecule has 0 saturated carbocycles. The Morgan fingerprint density at radius 3 is 2.57 bits per heavy atom. The van der Waals surface area contributed by atoms with Gasteiger partial charge in [-0.3, -0.25) is 0 Å². The quantitative estimate of drug-likeness (QED) is 0.708. The van der Waals surface area contributed by atoms with Crippen LogP contribution in [-0.4, -0.2) is 19.7 Å². The van der Waals surface area contributed by atoms with Crippen LogP contribution in [-0.2, 0) is 3.07 Å². The van der Waals surface area contributed by atoms with Gasteiger partial charge >= 0.3 is 0 Å². The van der Waals surface area contributed by atoms with Gasteiger partial charge in [0, 0.05) is 6.04 Å². The lowest BCUT2D eigenvalue weighted by Crippen LogP contribution is -2.24. The van der Waals surface area contributed by atoms with Crippen molar-refractivity contribution in [2.75, 3.05) is 13.7 Å². The smallest absolute Gasteiger partial charge is 0.109 e. The summed E-state index contributed by atoms with van der Waals surface area (Å²) >= 11 is 1.89. The Balaban J connectivity index is 2.83. The number of halogens is 1. The topological polar surface area (TPSA) is 21.3 Å². The first-order valence-electron chi connectivity index (χ1n) is 2.22. The van der Waals surface area contributed by atoms with E-state index in [1.54, 1.807) is 0 Å². The molecular weight excluding hydrogens is 205 g/mol. The molecule has 1 atom stereocenters. The van der Waals surface area contributed by atoms with Crippen molar-refractivity contribution in [3.05, 3.63) is 0 Å². The van der Waals surface area contributed by atoms with Crippen molar-refractivity contribution in [2.24, 2.45) is 0 Å². The third kappa shape index (κ3) is 4.50.